The minimum atomic E-state index is -0.0851. The van der Waals surface area contributed by atoms with Gasteiger partial charge in [-0.15, -0.1) is 0 Å². The summed E-state index contributed by atoms with van der Waals surface area (Å²) in [6.45, 7) is 2.01. The highest BCUT2D eigenvalue weighted by Gasteiger charge is 2.11. The second-order valence-electron chi connectivity index (χ2n) is 5.02. The Hall–Kier alpha value is -2.19. The van der Waals surface area contributed by atoms with E-state index in [-0.39, 0.29) is 6.10 Å². The van der Waals surface area contributed by atoms with Gasteiger partial charge in [0, 0.05) is 21.5 Å². The van der Waals surface area contributed by atoms with Crippen molar-refractivity contribution >= 4 is 28.1 Å². The molecule has 0 saturated heterocycles. The number of rotatable bonds is 3. The molecule has 0 bridgehead atoms. The van der Waals surface area contributed by atoms with E-state index in [1.807, 2.05) is 67.6 Å². The van der Waals surface area contributed by atoms with Crippen LogP contribution in [0, 0.1) is 0 Å². The standard InChI is InChI=1S/C18H16ClNO/c1-12(13-5-4-6-14(20)11-13)21-18-10-9-17(19)15-7-2-3-8-16(15)18/h2-12H,20H2,1H3. The summed E-state index contributed by atoms with van der Waals surface area (Å²) in [6.07, 6.45) is -0.0851. The lowest BCUT2D eigenvalue weighted by Gasteiger charge is -2.17. The van der Waals surface area contributed by atoms with E-state index in [0.717, 1.165) is 32.8 Å². The zero-order chi connectivity index (χ0) is 14.8. The van der Waals surface area contributed by atoms with Crippen molar-refractivity contribution in [3.8, 4) is 5.75 Å². The molecule has 0 aliphatic heterocycles. The summed E-state index contributed by atoms with van der Waals surface area (Å²) in [5.41, 5.74) is 7.62. The number of ether oxygens (including phenoxy) is 1. The minimum Gasteiger partial charge on any atom is -0.485 e. The highest BCUT2D eigenvalue weighted by molar-refractivity contribution is 6.35. The van der Waals surface area contributed by atoms with Crippen molar-refractivity contribution in [2.24, 2.45) is 0 Å². The predicted octanol–water partition coefficient (Wildman–Crippen LogP) is 5.22. The molecule has 0 heterocycles. The third kappa shape index (κ3) is 2.81. The summed E-state index contributed by atoms with van der Waals surface area (Å²) < 4.78 is 6.11. The van der Waals surface area contributed by atoms with Gasteiger partial charge in [0.15, 0.2) is 0 Å². The van der Waals surface area contributed by atoms with E-state index < -0.39 is 0 Å². The van der Waals surface area contributed by atoms with E-state index in [2.05, 4.69) is 0 Å². The molecular formula is C18H16ClNO. The molecule has 0 aromatic heterocycles. The van der Waals surface area contributed by atoms with E-state index >= 15 is 0 Å². The first kappa shape index (κ1) is 13.8. The number of hydrogen-bond donors (Lipinski definition) is 1. The van der Waals surface area contributed by atoms with Crippen molar-refractivity contribution in [2.75, 3.05) is 5.73 Å². The molecule has 2 N–H and O–H groups in total. The lowest BCUT2D eigenvalue weighted by atomic mass is 10.1. The normalized spacial score (nSPS) is 12.3. The number of hydrogen-bond acceptors (Lipinski definition) is 2. The fourth-order valence-electron chi connectivity index (χ4n) is 2.41. The van der Waals surface area contributed by atoms with Gasteiger partial charge in [-0.05, 0) is 36.8 Å². The highest BCUT2D eigenvalue weighted by atomic mass is 35.5. The van der Waals surface area contributed by atoms with Crippen molar-refractivity contribution in [2.45, 2.75) is 13.0 Å². The summed E-state index contributed by atoms with van der Waals surface area (Å²) >= 11 is 6.23. The van der Waals surface area contributed by atoms with Crippen LogP contribution < -0.4 is 10.5 Å². The van der Waals surface area contributed by atoms with Crippen LogP contribution >= 0.6 is 11.6 Å². The molecule has 3 heteroatoms. The maximum absolute atomic E-state index is 6.23. The van der Waals surface area contributed by atoms with Crippen LogP contribution in [-0.2, 0) is 0 Å². The van der Waals surface area contributed by atoms with Gasteiger partial charge in [0.1, 0.15) is 11.9 Å². The fraction of sp³-hybridized carbons (Fsp3) is 0.111. The lowest BCUT2D eigenvalue weighted by Crippen LogP contribution is -2.04. The Labute approximate surface area is 129 Å². The third-order valence-corrected chi connectivity index (χ3v) is 3.84. The number of halogens is 1. The largest absolute Gasteiger partial charge is 0.485 e. The summed E-state index contributed by atoms with van der Waals surface area (Å²) in [5, 5.41) is 2.74. The highest BCUT2D eigenvalue weighted by Crippen LogP contribution is 2.33. The fourth-order valence-corrected chi connectivity index (χ4v) is 2.64. The monoisotopic (exact) mass is 297 g/mol. The van der Waals surface area contributed by atoms with Gasteiger partial charge in [-0.2, -0.15) is 0 Å². The Bertz CT molecular complexity index is 785. The predicted molar refractivity (Wildman–Crippen MR) is 88.9 cm³/mol. The molecule has 0 aliphatic rings. The maximum atomic E-state index is 6.23. The first-order valence-electron chi connectivity index (χ1n) is 6.84. The van der Waals surface area contributed by atoms with Crippen LogP contribution in [0.3, 0.4) is 0 Å². The molecule has 1 unspecified atom stereocenters. The molecule has 0 amide bonds. The van der Waals surface area contributed by atoms with Gasteiger partial charge in [0.25, 0.3) is 0 Å². The van der Waals surface area contributed by atoms with Crippen molar-refractivity contribution in [3.05, 3.63) is 71.2 Å². The third-order valence-electron chi connectivity index (χ3n) is 3.51. The molecule has 0 spiro atoms. The zero-order valence-corrected chi connectivity index (χ0v) is 12.5. The van der Waals surface area contributed by atoms with Gasteiger partial charge in [0.2, 0.25) is 0 Å². The summed E-state index contributed by atoms with van der Waals surface area (Å²) in [4.78, 5) is 0. The number of nitrogens with two attached hydrogens (primary N) is 1. The molecule has 3 aromatic carbocycles. The molecule has 0 aliphatic carbocycles. The van der Waals surface area contributed by atoms with Gasteiger partial charge in [-0.1, -0.05) is 48.0 Å². The molecule has 2 nitrogen and oxygen atoms in total. The number of nitrogen functional groups attached to an aromatic ring is 1. The van der Waals surface area contributed by atoms with Crippen LogP contribution in [0.2, 0.25) is 5.02 Å². The van der Waals surface area contributed by atoms with E-state index in [4.69, 9.17) is 22.1 Å². The second-order valence-corrected chi connectivity index (χ2v) is 5.43. The summed E-state index contributed by atoms with van der Waals surface area (Å²) in [6, 6.07) is 19.5. The number of fused-ring (bicyclic) bond motifs is 1. The van der Waals surface area contributed by atoms with Crippen LogP contribution in [0.15, 0.2) is 60.7 Å². The molecule has 1 atom stereocenters. The van der Waals surface area contributed by atoms with Crippen LogP contribution in [0.4, 0.5) is 5.69 Å². The summed E-state index contributed by atoms with van der Waals surface area (Å²) in [7, 11) is 0. The van der Waals surface area contributed by atoms with E-state index in [1.165, 1.54) is 0 Å². The van der Waals surface area contributed by atoms with Crippen molar-refractivity contribution in [3.63, 3.8) is 0 Å². The number of benzene rings is 3. The molecular weight excluding hydrogens is 282 g/mol. The number of anilines is 1. The van der Waals surface area contributed by atoms with Crippen molar-refractivity contribution in [1.29, 1.82) is 0 Å². The van der Waals surface area contributed by atoms with Crippen LogP contribution in [0.5, 0.6) is 5.75 Å². The van der Waals surface area contributed by atoms with Crippen molar-refractivity contribution in [1.82, 2.24) is 0 Å². The van der Waals surface area contributed by atoms with Gasteiger partial charge in [-0.3, -0.25) is 0 Å². The molecule has 3 aromatic rings. The van der Waals surface area contributed by atoms with E-state index in [0.29, 0.717) is 0 Å². The first-order chi connectivity index (χ1) is 10.1. The average molecular weight is 298 g/mol. The average Bonchev–Trinajstić information content (AvgIpc) is 2.50. The van der Waals surface area contributed by atoms with Gasteiger partial charge in [0.05, 0.1) is 0 Å². The first-order valence-corrected chi connectivity index (χ1v) is 7.22. The molecule has 3 rings (SSSR count). The van der Waals surface area contributed by atoms with Crippen LogP contribution in [0.25, 0.3) is 10.8 Å². The smallest absolute Gasteiger partial charge is 0.128 e. The van der Waals surface area contributed by atoms with Crippen molar-refractivity contribution < 1.29 is 4.74 Å². The maximum Gasteiger partial charge on any atom is 0.128 e. The Morgan fingerprint density at radius 3 is 2.48 bits per heavy atom. The van der Waals surface area contributed by atoms with Gasteiger partial charge in [-0.25, -0.2) is 0 Å². The summed E-state index contributed by atoms with van der Waals surface area (Å²) in [5.74, 6) is 0.824. The molecule has 0 fully saturated rings. The van der Waals surface area contributed by atoms with Gasteiger partial charge < -0.3 is 10.5 Å². The van der Waals surface area contributed by atoms with Gasteiger partial charge >= 0.3 is 0 Å². The Balaban J connectivity index is 1.97. The molecule has 0 saturated carbocycles. The SMILES string of the molecule is CC(Oc1ccc(Cl)c2ccccc12)c1cccc(N)c1. The molecule has 21 heavy (non-hydrogen) atoms. The Kier molecular flexibility index (Phi) is 3.72. The molecule has 106 valence electrons. The lowest BCUT2D eigenvalue weighted by molar-refractivity contribution is 0.230. The quantitative estimate of drug-likeness (QED) is 0.673. The van der Waals surface area contributed by atoms with Crippen LogP contribution in [0.1, 0.15) is 18.6 Å². The molecule has 0 radical (unpaired) electrons. The van der Waals surface area contributed by atoms with E-state index in [1.54, 1.807) is 0 Å². The zero-order valence-electron chi connectivity index (χ0n) is 11.7. The minimum absolute atomic E-state index is 0.0851. The Morgan fingerprint density at radius 1 is 0.952 bits per heavy atom. The Morgan fingerprint density at radius 2 is 1.71 bits per heavy atom. The van der Waals surface area contributed by atoms with Crippen LogP contribution in [-0.4, -0.2) is 0 Å². The second kappa shape index (κ2) is 5.66. The topological polar surface area (TPSA) is 35.2 Å². The van der Waals surface area contributed by atoms with E-state index in [9.17, 15) is 0 Å².